The highest BCUT2D eigenvalue weighted by atomic mass is 16.6. The van der Waals surface area contributed by atoms with Gasteiger partial charge in [-0.15, -0.1) is 0 Å². The number of hydrogen-bond donors (Lipinski definition) is 0. The van der Waals surface area contributed by atoms with Crippen LogP contribution in [0.25, 0.3) is 0 Å². The Morgan fingerprint density at radius 2 is 2.33 bits per heavy atom. The molecule has 1 amide bonds. The Morgan fingerprint density at radius 3 is 3.00 bits per heavy atom. The molecule has 3 aliphatic heterocycles. The lowest BCUT2D eigenvalue weighted by Gasteiger charge is -2.22. The van der Waals surface area contributed by atoms with Crippen molar-refractivity contribution in [3.05, 3.63) is 12.2 Å². The Hall–Kier alpha value is -1.36. The molecule has 5 nitrogen and oxygen atoms in total. The second-order valence-corrected chi connectivity index (χ2v) is 6.68. The normalized spacial score (nSPS) is 36.7. The molecule has 0 saturated carbocycles. The van der Waals surface area contributed by atoms with Gasteiger partial charge in [0.2, 0.25) is 5.91 Å². The minimum atomic E-state index is -0.605. The molecule has 2 bridgehead atoms. The summed E-state index contributed by atoms with van der Waals surface area (Å²) in [6, 6.07) is 0. The monoisotopic (exact) mass is 293 g/mol. The lowest BCUT2D eigenvalue weighted by molar-refractivity contribution is -0.153. The molecule has 0 aromatic carbocycles. The minimum Gasteiger partial charge on any atom is -0.465 e. The van der Waals surface area contributed by atoms with Gasteiger partial charge in [0.25, 0.3) is 0 Å². The lowest BCUT2D eigenvalue weighted by atomic mass is 9.77. The van der Waals surface area contributed by atoms with Crippen LogP contribution in [-0.2, 0) is 19.1 Å². The molecule has 1 spiro atoms. The van der Waals surface area contributed by atoms with Crippen LogP contribution in [0.5, 0.6) is 0 Å². The van der Waals surface area contributed by atoms with Gasteiger partial charge in [-0.25, -0.2) is 0 Å². The highest BCUT2D eigenvalue weighted by Gasteiger charge is 2.67. The summed E-state index contributed by atoms with van der Waals surface area (Å²) in [4.78, 5) is 26.8. The molecule has 5 heteroatoms. The Balaban J connectivity index is 1.82. The van der Waals surface area contributed by atoms with Crippen LogP contribution in [0.1, 0.15) is 27.2 Å². The van der Waals surface area contributed by atoms with Gasteiger partial charge in [0.05, 0.1) is 25.2 Å². The van der Waals surface area contributed by atoms with Gasteiger partial charge in [-0.1, -0.05) is 32.9 Å². The van der Waals surface area contributed by atoms with Crippen molar-refractivity contribution >= 4 is 11.9 Å². The van der Waals surface area contributed by atoms with Crippen LogP contribution in [-0.4, -0.2) is 48.2 Å². The van der Waals surface area contributed by atoms with E-state index in [2.05, 4.69) is 13.8 Å². The Kier molecular flexibility index (Phi) is 3.56. The van der Waals surface area contributed by atoms with Crippen molar-refractivity contribution in [2.24, 2.45) is 17.8 Å². The zero-order chi connectivity index (χ0) is 15.2. The standard InChI is InChI=1S/C16H23NO4/c1-4-7-20-15(19)12-11-5-6-16(21-11)9-17(8-10(2)3)14(18)13(12)16/h5-6,10-13H,4,7-9H2,1-3H3/t11-,12+,13-,16-/m0/s1. The number of fused-ring (bicyclic) bond motifs is 1. The summed E-state index contributed by atoms with van der Waals surface area (Å²) in [5.74, 6) is -0.746. The van der Waals surface area contributed by atoms with Crippen molar-refractivity contribution in [1.29, 1.82) is 0 Å². The fraction of sp³-hybridized carbons (Fsp3) is 0.750. The predicted octanol–water partition coefficient (Wildman–Crippen LogP) is 1.38. The van der Waals surface area contributed by atoms with E-state index in [1.165, 1.54) is 0 Å². The van der Waals surface area contributed by atoms with E-state index < -0.39 is 17.4 Å². The first-order valence-electron chi connectivity index (χ1n) is 7.81. The van der Waals surface area contributed by atoms with E-state index in [1.54, 1.807) is 0 Å². The third-order valence-electron chi connectivity index (χ3n) is 4.48. The van der Waals surface area contributed by atoms with Crippen LogP contribution in [0.3, 0.4) is 0 Å². The fourth-order valence-corrected chi connectivity index (χ4v) is 3.74. The summed E-state index contributed by atoms with van der Waals surface area (Å²) < 4.78 is 11.3. The summed E-state index contributed by atoms with van der Waals surface area (Å²) in [6.45, 7) is 7.78. The maximum absolute atomic E-state index is 12.7. The Morgan fingerprint density at radius 1 is 1.57 bits per heavy atom. The van der Waals surface area contributed by atoms with E-state index in [9.17, 15) is 9.59 Å². The van der Waals surface area contributed by atoms with Crippen molar-refractivity contribution in [3.63, 3.8) is 0 Å². The average Bonchev–Trinajstić information content (AvgIpc) is 3.04. The van der Waals surface area contributed by atoms with Gasteiger partial charge in [0, 0.05) is 6.54 Å². The summed E-state index contributed by atoms with van der Waals surface area (Å²) in [6.07, 6.45) is 4.37. The van der Waals surface area contributed by atoms with E-state index in [-0.39, 0.29) is 18.0 Å². The molecule has 2 saturated heterocycles. The minimum absolute atomic E-state index is 0.0361. The van der Waals surface area contributed by atoms with Crippen molar-refractivity contribution < 1.29 is 19.1 Å². The number of hydrogen-bond acceptors (Lipinski definition) is 4. The average molecular weight is 293 g/mol. The van der Waals surface area contributed by atoms with Gasteiger partial charge in [0.15, 0.2) is 0 Å². The zero-order valence-corrected chi connectivity index (χ0v) is 12.9. The smallest absolute Gasteiger partial charge is 0.312 e. The number of amides is 1. The van der Waals surface area contributed by atoms with Crippen molar-refractivity contribution in [3.8, 4) is 0 Å². The van der Waals surface area contributed by atoms with Crippen LogP contribution >= 0.6 is 0 Å². The molecule has 4 atom stereocenters. The molecule has 3 rings (SSSR count). The molecule has 3 aliphatic rings. The summed E-state index contributed by atoms with van der Waals surface area (Å²) in [5, 5.41) is 0. The number of carbonyl (C=O) groups excluding carboxylic acids is 2. The van der Waals surface area contributed by atoms with Crippen LogP contribution in [0.15, 0.2) is 12.2 Å². The number of likely N-dealkylation sites (tertiary alicyclic amines) is 1. The highest BCUT2D eigenvalue weighted by Crippen LogP contribution is 2.52. The molecule has 0 radical (unpaired) electrons. The number of rotatable bonds is 5. The molecule has 0 N–H and O–H groups in total. The topological polar surface area (TPSA) is 55.8 Å². The van der Waals surface area contributed by atoms with E-state index in [4.69, 9.17) is 9.47 Å². The summed E-state index contributed by atoms with van der Waals surface area (Å²) in [5.41, 5.74) is -0.605. The van der Waals surface area contributed by atoms with E-state index >= 15 is 0 Å². The Labute approximate surface area is 125 Å². The van der Waals surface area contributed by atoms with Gasteiger partial charge in [0.1, 0.15) is 11.5 Å². The van der Waals surface area contributed by atoms with Gasteiger partial charge >= 0.3 is 5.97 Å². The number of ether oxygens (including phenoxy) is 2. The first kappa shape index (κ1) is 14.6. The first-order valence-corrected chi connectivity index (χ1v) is 7.81. The third-order valence-corrected chi connectivity index (χ3v) is 4.48. The van der Waals surface area contributed by atoms with Crippen LogP contribution in [0.4, 0.5) is 0 Å². The van der Waals surface area contributed by atoms with Crippen LogP contribution in [0, 0.1) is 17.8 Å². The van der Waals surface area contributed by atoms with E-state index in [1.807, 2.05) is 24.0 Å². The molecule has 116 valence electrons. The lowest BCUT2D eigenvalue weighted by Crippen LogP contribution is -2.40. The quantitative estimate of drug-likeness (QED) is 0.567. The van der Waals surface area contributed by atoms with Crippen molar-refractivity contribution in [2.45, 2.75) is 38.9 Å². The van der Waals surface area contributed by atoms with Crippen molar-refractivity contribution in [2.75, 3.05) is 19.7 Å². The Bertz CT molecular complexity index is 487. The van der Waals surface area contributed by atoms with Crippen LogP contribution < -0.4 is 0 Å². The van der Waals surface area contributed by atoms with Gasteiger partial charge in [-0.3, -0.25) is 9.59 Å². The largest absolute Gasteiger partial charge is 0.465 e. The first-order chi connectivity index (χ1) is 9.98. The molecule has 2 fully saturated rings. The third kappa shape index (κ3) is 2.18. The van der Waals surface area contributed by atoms with E-state index in [0.29, 0.717) is 25.6 Å². The number of nitrogens with zero attached hydrogens (tertiary/aromatic N) is 1. The van der Waals surface area contributed by atoms with Gasteiger partial charge < -0.3 is 14.4 Å². The predicted molar refractivity (Wildman–Crippen MR) is 76.4 cm³/mol. The number of esters is 1. The van der Waals surface area contributed by atoms with E-state index in [0.717, 1.165) is 6.42 Å². The second-order valence-electron chi connectivity index (χ2n) is 6.68. The molecule has 21 heavy (non-hydrogen) atoms. The molecule has 3 heterocycles. The summed E-state index contributed by atoms with van der Waals surface area (Å²) >= 11 is 0. The summed E-state index contributed by atoms with van der Waals surface area (Å²) in [7, 11) is 0. The zero-order valence-electron chi connectivity index (χ0n) is 12.9. The van der Waals surface area contributed by atoms with Crippen LogP contribution in [0.2, 0.25) is 0 Å². The molecule has 0 aromatic heterocycles. The van der Waals surface area contributed by atoms with Gasteiger partial charge in [-0.05, 0) is 12.3 Å². The molecular weight excluding hydrogens is 270 g/mol. The molecule has 0 aliphatic carbocycles. The molecular formula is C16H23NO4. The maximum Gasteiger partial charge on any atom is 0.312 e. The SMILES string of the molecule is CCCOC(=O)[C@@H]1[C@@H]2C=C[C@@]3(CN(CC(C)C)C(=O)[C@H]13)O2. The van der Waals surface area contributed by atoms with Gasteiger partial charge in [-0.2, -0.15) is 0 Å². The highest BCUT2D eigenvalue weighted by molar-refractivity contribution is 5.91. The second kappa shape index (κ2) is 5.13. The fourth-order valence-electron chi connectivity index (χ4n) is 3.74. The van der Waals surface area contributed by atoms with Crippen molar-refractivity contribution in [1.82, 2.24) is 4.90 Å². The molecule has 0 aromatic rings. The maximum atomic E-state index is 12.7. The number of carbonyl (C=O) groups is 2. The molecule has 0 unspecified atom stereocenters.